The van der Waals surface area contributed by atoms with Crippen LogP contribution in [0, 0.1) is 6.92 Å². The Hall–Kier alpha value is -1.61. The number of aryl methyl sites for hydroxylation is 1. The van der Waals surface area contributed by atoms with Crippen molar-refractivity contribution in [2.45, 2.75) is 51.7 Å². The summed E-state index contributed by atoms with van der Waals surface area (Å²) in [6.07, 6.45) is 4.94. The number of pyridine rings is 1. The minimum absolute atomic E-state index is 0.312. The lowest BCUT2D eigenvalue weighted by molar-refractivity contribution is 0.208. The first-order valence-electron chi connectivity index (χ1n) is 8.02. The van der Waals surface area contributed by atoms with Crippen molar-refractivity contribution >= 4 is 10.9 Å². The molecule has 0 aliphatic heterocycles. The highest BCUT2D eigenvalue weighted by atomic mass is 16.5. The number of hydrogen-bond donors (Lipinski definition) is 1. The van der Waals surface area contributed by atoms with Gasteiger partial charge in [0.2, 0.25) is 0 Å². The van der Waals surface area contributed by atoms with Gasteiger partial charge in [0.25, 0.3) is 0 Å². The van der Waals surface area contributed by atoms with Crippen molar-refractivity contribution in [3.05, 3.63) is 36.0 Å². The van der Waals surface area contributed by atoms with E-state index in [-0.39, 0.29) is 0 Å². The number of nitrogens with zero attached hydrogens (tertiary/aromatic N) is 1. The Morgan fingerprint density at radius 2 is 2.14 bits per heavy atom. The summed E-state index contributed by atoms with van der Waals surface area (Å²) in [7, 11) is 0. The summed E-state index contributed by atoms with van der Waals surface area (Å²) < 4.78 is 6.25. The summed E-state index contributed by atoms with van der Waals surface area (Å²) in [5.74, 6) is 0.928. The van der Waals surface area contributed by atoms with Crippen LogP contribution >= 0.6 is 0 Å². The average Bonchev–Trinajstić information content (AvgIpc) is 2.93. The molecule has 1 aliphatic carbocycles. The van der Waals surface area contributed by atoms with Gasteiger partial charge in [-0.1, -0.05) is 25.1 Å². The largest absolute Gasteiger partial charge is 0.488 e. The van der Waals surface area contributed by atoms with Crippen LogP contribution in [-0.2, 0) is 0 Å². The van der Waals surface area contributed by atoms with E-state index in [0.29, 0.717) is 12.1 Å². The topological polar surface area (TPSA) is 34.1 Å². The molecule has 2 atom stereocenters. The molecule has 1 aromatic heterocycles. The third kappa shape index (κ3) is 3.35. The number of fused-ring (bicyclic) bond motifs is 1. The second-order valence-corrected chi connectivity index (χ2v) is 5.98. The van der Waals surface area contributed by atoms with Crippen LogP contribution in [0.25, 0.3) is 10.9 Å². The van der Waals surface area contributed by atoms with Gasteiger partial charge in [-0.25, -0.2) is 4.98 Å². The Balaban J connectivity index is 1.72. The fraction of sp³-hybridized carbons (Fsp3) is 0.500. The zero-order valence-electron chi connectivity index (χ0n) is 12.9. The summed E-state index contributed by atoms with van der Waals surface area (Å²) in [4.78, 5) is 4.65. The Labute approximate surface area is 126 Å². The number of benzene rings is 1. The number of aromatic nitrogens is 1. The number of ether oxygens (including phenoxy) is 1. The molecule has 1 N–H and O–H groups in total. The second kappa shape index (κ2) is 6.44. The molecule has 1 aromatic carbocycles. The summed E-state index contributed by atoms with van der Waals surface area (Å²) in [6, 6.07) is 11.0. The predicted octanol–water partition coefficient (Wildman–Crippen LogP) is 3.84. The van der Waals surface area contributed by atoms with Gasteiger partial charge in [-0.15, -0.1) is 0 Å². The maximum absolute atomic E-state index is 6.25. The van der Waals surface area contributed by atoms with Gasteiger partial charge < -0.3 is 10.1 Å². The average molecular weight is 284 g/mol. The van der Waals surface area contributed by atoms with E-state index >= 15 is 0 Å². The van der Waals surface area contributed by atoms with Crippen LogP contribution in [0.2, 0.25) is 0 Å². The minimum Gasteiger partial charge on any atom is -0.488 e. The number of rotatable bonds is 5. The first kappa shape index (κ1) is 14.3. The van der Waals surface area contributed by atoms with Crippen molar-refractivity contribution in [2.24, 2.45) is 0 Å². The van der Waals surface area contributed by atoms with E-state index in [9.17, 15) is 0 Å². The third-order valence-electron chi connectivity index (χ3n) is 4.18. The summed E-state index contributed by atoms with van der Waals surface area (Å²) >= 11 is 0. The lowest BCUT2D eigenvalue weighted by Gasteiger charge is -2.16. The molecule has 1 fully saturated rings. The Bertz CT molecular complexity index is 611. The zero-order chi connectivity index (χ0) is 14.7. The van der Waals surface area contributed by atoms with E-state index in [0.717, 1.165) is 41.7 Å². The molecule has 0 saturated heterocycles. The van der Waals surface area contributed by atoms with Gasteiger partial charge in [0.05, 0.1) is 0 Å². The lowest BCUT2D eigenvalue weighted by atomic mass is 10.2. The van der Waals surface area contributed by atoms with Gasteiger partial charge in [0.15, 0.2) is 0 Å². The first-order chi connectivity index (χ1) is 10.3. The van der Waals surface area contributed by atoms with Gasteiger partial charge in [-0.05, 0) is 51.3 Å². The molecule has 0 spiro atoms. The van der Waals surface area contributed by atoms with Gasteiger partial charge in [-0.2, -0.15) is 0 Å². The van der Waals surface area contributed by atoms with Crippen LogP contribution in [0.5, 0.6) is 5.75 Å². The van der Waals surface area contributed by atoms with E-state index in [1.165, 1.54) is 12.8 Å². The van der Waals surface area contributed by atoms with Crippen molar-refractivity contribution in [2.75, 3.05) is 6.54 Å². The van der Waals surface area contributed by atoms with Gasteiger partial charge >= 0.3 is 0 Å². The van der Waals surface area contributed by atoms with Crippen molar-refractivity contribution in [1.82, 2.24) is 10.3 Å². The van der Waals surface area contributed by atoms with Crippen molar-refractivity contribution in [3.63, 3.8) is 0 Å². The molecule has 3 heteroatoms. The van der Waals surface area contributed by atoms with Crippen LogP contribution < -0.4 is 10.1 Å². The molecular weight excluding hydrogens is 260 g/mol. The molecule has 0 radical (unpaired) electrons. The van der Waals surface area contributed by atoms with E-state index in [1.807, 2.05) is 19.1 Å². The molecule has 21 heavy (non-hydrogen) atoms. The number of hydrogen-bond acceptors (Lipinski definition) is 3. The maximum Gasteiger partial charge on any atom is 0.145 e. The number of para-hydroxylation sites is 1. The van der Waals surface area contributed by atoms with Crippen molar-refractivity contribution in [3.8, 4) is 5.75 Å². The van der Waals surface area contributed by atoms with Crippen molar-refractivity contribution < 1.29 is 4.74 Å². The monoisotopic (exact) mass is 284 g/mol. The van der Waals surface area contributed by atoms with Gasteiger partial charge in [0.1, 0.15) is 17.4 Å². The van der Waals surface area contributed by atoms with E-state index < -0.39 is 0 Å². The Morgan fingerprint density at radius 3 is 3.00 bits per heavy atom. The fourth-order valence-electron chi connectivity index (χ4n) is 3.07. The molecule has 0 bridgehead atoms. The molecular formula is C18H24N2O. The van der Waals surface area contributed by atoms with Gasteiger partial charge in [-0.3, -0.25) is 0 Å². The summed E-state index contributed by atoms with van der Waals surface area (Å²) in [5, 5.41) is 4.75. The highest BCUT2D eigenvalue weighted by Crippen LogP contribution is 2.29. The highest BCUT2D eigenvalue weighted by Gasteiger charge is 2.26. The number of nitrogens with one attached hydrogen (secondary N) is 1. The SMILES string of the molecule is CCCNC1CCC(Oc2cccc3ccc(C)nc23)C1. The Kier molecular flexibility index (Phi) is 4.39. The highest BCUT2D eigenvalue weighted by molar-refractivity contribution is 5.84. The fourth-order valence-corrected chi connectivity index (χ4v) is 3.07. The summed E-state index contributed by atoms with van der Waals surface area (Å²) in [6.45, 7) is 5.34. The quantitative estimate of drug-likeness (QED) is 0.905. The molecule has 112 valence electrons. The predicted molar refractivity (Wildman–Crippen MR) is 86.8 cm³/mol. The first-order valence-corrected chi connectivity index (χ1v) is 8.02. The molecule has 1 aliphatic rings. The molecule has 3 rings (SSSR count). The van der Waals surface area contributed by atoms with Crippen LogP contribution in [0.4, 0.5) is 0 Å². The normalized spacial score (nSPS) is 21.8. The minimum atomic E-state index is 0.312. The molecule has 1 saturated carbocycles. The molecule has 2 aromatic rings. The second-order valence-electron chi connectivity index (χ2n) is 5.98. The van der Waals surface area contributed by atoms with E-state index in [2.05, 4.69) is 35.4 Å². The molecule has 2 unspecified atom stereocenters. The molecule has 3 nitrogen and oxygen atoms in total. The zero-order valence-corrected chi connectivity index (χ0v) is 12.9. The maximum atomic E-state index is 6.25. The third-order valence-corrected chi connectivity index (χ3v) is 4.18. The standard InChI is InChI=1S/C18H24N2O/c1-3-11-19-15-9-10-16(12-15)21-17-6-4-5-14-8-7-13(2)20-18(14)17/h4-8,15-16,19H,3,9-12H2,1-2H3. The smallest absolute Gasteiger partial charge is 0.145 e. The van der Waals surface area contributed by atoms with Crippen LogP contribution in [0.1, 0.15) is 38.3 Å². The van der Waals surface area contributed by atoms with Crippen molar-refractivity contribution in [1.29, 1.82) is 0 Å². The van der Waals surface area contributed by atoms with Gasteiger partial charge in [0, 0.05) is 17.1 Å². The molecule has 1 heterocycles. The Morgan fingerprint density at radius 1 is 1.24 bits per heavy atom. The van der Waals surface area contributed by atoms with Crippen LogP contribution in [0.15, 0.2) is 30.3 Å². The van der Waals surface area contributed by atoms with Crippen LogP contribution in [-0.4, -0.2) is 23.7 Å². The van der Waals surface area contributed by atoms with E-state index in [4.69, 9.17) is 4.74 Å². The summed E-state index contributed by atoms with van der Waals surface area (Å²) in [5.41, 5.74) is 2.02. The van der Waals surface area contributed by atoms with Crippen LogP contribution in [0.3, 0.4) is 0 Å². The lowest BCUT2D eigenvalue weighted by Crippen LogP contribution is -2.28. The van der Waals surface area contributed by atoms with E-state index in [1.54, 1.807) is 0 Å². The molecule has 0 amide bonds.